The van der Waals surface area contributed by atoms with E-state index in [0.29, 0.717) is 5.92 Å². The maximum atomic E-state index is 6.16. The fourth-order valence-electron chi connectivity index (χ4n) is 2.16. The summed E-state index contributed by atoms with van der Waals surface area (Å²) in [5.41, 5.74) is 8.79. The Bertz CT molecular complexity index is 501. The lowest BCUT2D eigenvalue weighted by Crippen LogP contribution is -2.26. The Labute approximate surface area is 118 Å². The molecule has 1 nitrogen and oxygen atoms in total. The van der Waals surface area contributed by atoms with Crippen LogP contribution in [0.25, 0.3) is 0 Å². The minimum absolute atomic E-state index is 0.151. The molecule has 2 unspecified atom stereocenters. The van der Waals surface area contributed by atoms with E-state index >= 15 is 0 Å². The van der Waals surface area contributed by atoms with Gasteiger partial charge in [0.25, 0.3) is 0 Å². The molecule has 0 saturated heterocycles. The fraction of sp³-hybridized carbons (Fsp3) is 0.333. The molecule has 2 atom stereocenters. The molecule has 1 aromatic carbocycles. The van der Waals surface area contributed by atoms with Gasteiger partial charge < -0.3 is 5.73 Å². The third-order valence-corrected chi connectivity index (χ3v) is 4.64. The smallest absolute Gasteiger partial charge is 0.0406 e. The number of rotatable bonds is 4. The van der Waals surface area contributed by atoms with Crippen LogP contribution in [-0.4, -0.2) is 6.04 Å². The van der Waals surface area contributed by atoms with Gasteiger partial charge in [-0.25, -0.2) is 0 Å². The molecule has 96 valence electrons. The quantitative estimate of drug-likeness (QED) is 0.883. The van der Waals surface area contributed by atoms with Crippen molar-refractivity contribution in [1.82, 2.24) is 0 Å². The van der Waals surface area contributed by atoms with Gasteiger partial charge in [-0.2, -0.15) is 0 Å². The van der Waals surface area contributed by atoms with Crippen LogP contribution in [-0.2, 0) is 6.42 Å². The zero-order valence-corrected chi connectivity index (χ0v) is 12.3. The molecule has 0 spiro atoms. The zero-order chi connectivity index (χ0) is 13.1. The van der Waals surface area contributed by atoms with Crippen LogP contribution in [0.4, 0.5) is 0 Å². The Kier molecular flexibility index (Phi) is 4.44. The summed E-state index contributed by atoms with van der Waals surface area (Å²) < 4.78 is 0. The van der Waals surface area contributed by atoms with Crippen molar-refractivity contribution in [2.24, 2.45) is 5.73 Å². The topological polar surface area (TPSA) is 26.0 Å². The van der Waals surface area contributed by atoms with E-state index in [2.05, 4.69) is 37.4 Å². The first kappa shape index (κ1) is 13.6. The molecular formula is C15H18ClNS. The van der Waals surface area contributed by atoms with Crippen molar-refractivity contribution < 1.29 is 0 Å². The van der Waals surface area contributed by atoms with E-state index in [9.17, 15) is 0 Å². The predicted octanol–water partition coefficient (Wildman–Crippen LogP) is 4.38. The van der Waals surface area contributed by atoms with Crippen LogP contribution >= 0.6 is 22.9 Å². The van der Waals surface area contributed by atoms with Crippen molar-refractivity contribution in [2.75, 3.05) is 0 Å². The highest BCUT2D eigenvalue weighted by atomic mass is 35.5. The molecule has 0 saturated carbocycles. The van der Waals surface area contributed by atoms with Gasteiger partial charge in [-0.1, -0.05) is 23.7 Å². The van der Waals surface area contributed by atoms with Gasteiger partial charge in [0.2, 0.25) is 0 Å². The van der Waals surface area contributed by atoms with Crippen molar-refractivity contribution >= 4 is 22.9 Å². The number of aryl methyl sites for hydroxylation is 1. The summed E-state index contributed by atoms with van der Waals surface area (Å²) in [6, 6.07) is 10.4. The van der Waals surface area contributed by atoms with E-state index in [0.717, 1.165) is 11.4 Å². The molecule has 0 aliphatic heterocycles. The van der Waals surface area contributed by atoms with Gasteiger partial charge in [0.05, 0.1) is 0 Å². The first-order valence-electron chi connectivity index (χ1n) is 6.12. The average Bonchev–Trinajstić information content (AvgIpc) is 2.74. The molecule has 0 aliphatic rings. The highest BCUT2D eigenvalue weighted by molar-refractivity contribution is 7.10. The van der Waals surface area contributed by atoms with Gasteiger partial charge in [-0.3, -0.25) is 0 Å². The van der Waals surface area contributed by atoms with E-state index in [4.69, 9.17) is 17.3 Å². The summed E-state index contributed by atoms with van der Waals surface area (Å²) in [5, 5.41) is 2.92. The summed E-state index contributed by atoms with van der Waals surface area (Å²) >= 11 is 7.72. The van der Waals surface area contributed by atoms with E-state index in [1.54, 1.807) is 11.3 Å². The third kappa shape index (κ3) is 3.14. The van der Waals surface area contributed by atoms with E-state index in [1.165, 1.54) is 16.0 Å². The first-order valence-corrected chi connectivity index (χ1v) is 7.37. The Balaban J connectivity index is 2.22. The number of thiophene rings is 1. The lowest BCUT2D eigenvalue weighted by atomic mass is 9.90. The van der Waals surface area contributed by atoms with Crippen LogP contribution < -0.4 is 5.73 Å². The molecule has 2 N–H and O–H groups in total. The van der Waals surface area contributed by atoms with E-state index in [-0.39, 0.29) is 6.04 Å². The lowest BCUT2D eigenvalue weighted by Gasteiger charge is -2.21. The van der Waals surface area contributed by atoms with Crippen LogP contribution in [0.15, 0.2) is 35.7 Å². The summed E-state index contributed by atoms with van der Waals surface area (Å²) in [6.45, 7) is 4.24. The molecule has 2 aromatic rings. The molecular weight excluding hydrogens is 262 g/mol. The summed E-state index contributed by atoms with van der Waals surface area (Å²) in [7, 11) is 0. The maximum Gasteiger partial charge on any atom is 0.0406 e. The van der Waals surface area contributed by atoms with Crippen molar-refractivity contribution in [3.05, 3.63) is 56.7 Å². The van der Waals surface area contributed by atoms with Gasteiger partial charge in [0.1, 0.15) is 0 Å². The van der Waals surface area contributed by atoms with Crippen molar-refractivity contribution in [1.29, 1.82) is 0 Å². The fourth-order valence-corrected chi connectivity index (χ4v) is 3.43. The summed E-state index contributed by atoms with van der Waals surface area (Å²) in [6.07, 6.45) is 0.968. The Morgan fingerprint density at radius 1 is 1.22 bits per heavy atom. The molecule has 0 aliphatic carbocycles. The van der Waals surface area contributed by atoms with Crippen LogP contribution in [0, 0.1) is 6.92 Å². The summed E-state index contributed by atoms with van der Waals surface area (Å²) in [5.74, 6) is 0.381. The number of nitrogens with two attached hydrogens (primary N) is 1. The number of benzene rings is 1. The second-order valence-electron chi connectivity index (χ2n) is 4.76. The molecule has 18 heavy (non-hydrogen) atoms. The number of hydrogen-bond donors (Lipinski definition) is 1. The van der Waals surface area contributed by atoms with Crippen molar-refractivity contribution in [3.63, 3.8) is 0 Å². The normalized spacial score (nSPS) is 14.4. The largest absolute Gasteiger partial charge is 0.327 e. The highest BCUT2D eigenvalue weighted by Gasteiger charge is 2.19. The number of hydrogen-bond acceptors (Lipinski definition) is 2. The second kappa shape index (κ2) is 5.87. The predicted molar refractivity (Wildman–Crippen MR) is 80.6 cm³/mol. The molecule has 3 heteroatoms. The van der Waals surface area contributed by atoms with Crippen LogP contribution in [0.5, 0.6) is 0 Å². The standard InChI is InChI=1S/C15H18ClNS/c1-10-7-8-18-15(10)14(11(2)17)9-12-3-5-13(16)6-4-12/h3-8,11,14H,9,17H2,1-2H3. The monoisotopic (exact) mass is 279 g/mol. The molecule has 0 amide bonds. The second-order valence-corrected chi connectivity index (χ2v) is 6.15. The Morgan fingerprint density at radius 2 is 1.89 bits per heavy atom. The molecule has 0 fully saturated rings. The molecule has 0 bridgehead atoms. The van der Waals surface area contributed by atoms with E-state index in [1.807, 2.05) is 12.1 Å². The van der Waals surface area contributed by atoms with Gasteiger partial charge in [-0.15, -0.1) is 11.3 Å². The maximum absolute atomic E-state index is 6.16. The van der Waals surface area contributed by atoms with Crippen LogP contribution in [0.1, 0.15) is 28.8 Å². The van der Waals surface area contributed by atoms with Crippen LogP contribution in [0.3, 0.4) is 0 Å². The first-order chi connectivity index (χ1) is 8.58. The minimum Gasteiger partial charge on any atom is -0.327 e. The lowest BCUT2D eigenvalue weighted by molar-refractivity contribution is 0.571. The van der Waals surface area contributed by atoms with E-state index < -0.39 is 0 Å². The summed E-state index contributed by atoms with van der Waals surface area (Å²) in [4.78, 5) is 1.40. The van der Waals surface area contributed by atoms with Crippen LogP contribution in [0.2, 0.25) is 5.02 Å². The third-order valence-electron chi connectivity index (χ3n) is 3.24. The SMILES string of the molecule is Cc1ccsc1C(Cc1ccc(Cl)cc1)C(C)N. The number of halogens is 1. The molecule has 2 rings (SSSR count). The van der Waals surface area contributed by atoms with Gasteiger partial charge in [-0.05, 0) is 55.0 Å². The van der Waals surface area contributed by atoms with Crippen molar-refractivity contribution in [3.8, 4) is 0 Å². The zero-order valence-electron chi connectivity index (χ0n) is 10.7. The Morgan fingerprint density at radius 3 is 2.39 bits per heavy atom. The molecule has 1 heterocycles. The van der Waals surface area contributed by atoms with Crippen molar-refractivity contribution in [2.45, 2.75) is 32.2 Å². The Hall–Kier alpha value is -0.830. The minimum atomic E-state index is 0.151. The average molecular weight is 280 g/mol. The van der Waals surface area contributed by atoms with Gasteiger partial charge in [0.15, 0.2) is 0 Å². The molecule has 1 aromatic heterocycles. The van der Waals surface area contributed by atoms with Gasteiger partial charge in [0, 0.05) is 21.9 Å². The molecule has 0 radical (unpaired) electrons. The van der Waals surface area contributed by atoms with Gasteiger partial charge >= 0.3 is 0 Å². The highest BCUT2D eigenvalue weighted by Crippen LogP contribution is 2.30.